The maximum atomic E-state index is 9.33. The van der Waals surface area contributed by atoms with Crippen molar-refractivity contribution in [2.75, 3.05) is 25.6 Å². The summed E-state index contributed by atoms with van der Waals surface area (Å²) in [4.78, 5) is 6.78. The number of likely N-dealkylation sites (N-methyl/N-ethyl adjacent to an activating group) is 1. The van der Waals surface area contributed by atoms with Crippen LogP contribution in [0, 0.1) is 11.3 Å². The normalized spacial score (nSPS) is 17.5. The molecule has 1 aliphatic heterocycles. The second kappa shape index (κ2) is 11.0. The Kier molecular flexibility index (Phi) is 8.72. The van der Waals surface area contributed by atoms with Crippen molar-refractivity contribution in [2.45, 2.75) is 32.1 Å². The van der Waals surface area contributed by atoms with Crippen LogP contribution in [0.5, 0.6) is 0 Å². The van der Waals surface area contributed by atoms with Gasteiger partial charge in [-0.25, -0.2) is 0 Å². The highest BCUT2D eigenvalue weighted by Gasteiger charge is 2.37. The van der Waals surface area contributed by atoms with Crippen molar-refractivity contribution in [3.8, 4) is 6.07 Å². The van der Waals surface area contributed by atoms with Gasteiger partial charge in [0.15, 0.2) is 0 Å². The number of para-hydroxylation sites is 1. The van der Waals surface area contributed by atoms with E-state index in [1.54, 1.807) is 0 Å². The van der Waals surface area contributed by atoms with Crippen LogP contribution in [0.1, 0.15) is 32.3 Å². The van der Waals surface area contributed by atoms with Crippen LogP contribution in [0.15, 0.2) is 77.0 Å². The fourth-order valence-corrected chi connectivity index (χ4v) is 3.53. The Morgan fingerprint density at radius 3 is 2.38 bits per heavy atom. The van der Waals surface area contributed by atoms with Crippen molar-refractivity contribution in [2.24, 2.45) is 4.99 Å². The molecule has 1 aromatic rings. The molecule has 170 valence electrons. The van der Waals surface area contributed by atoms with Crippen LogP contribution < -0.4 is 4.90 Å². The second-order valence-corrected chi connectivity index (χ2v) is 8.94. The van der Waals surface area contributed by atoms with E-state index in [0.29, 0.717) is 13.0 Å². The summed E-state index contributed by atoms with van der Waals surface area (Å²) in [6.45, 7) is 5.26. The fourth-order valence-electron chi connectivity index (χ4n) is 3.53. The molecular weight excluding hydrogens is 426 g/mol. The number of benzene rings is 1. The van der Waals surface area contributed by atoms with Gasteiger partial charge in [-0.3, -0.25) is 13.7 Å². The number of aliphatic imine (C=N–C) groups is 1. The molecule has 0 amide bonds. The summed E-state index contributed by atoms with van der Waals surface area (Å²) in [7, 11) is -1.16. The van der Waals surface area contributed by atoms with E-state index in [1.165, 1.54) is 16.9 Å². The summed E-state index contributed by atoms with van der Waals surface area (Å²) in [5.41, 5.74) is 6.08. The molecule has 0 unspecified atom stereocenters. The van der Waals surface area contributed by atoms with Crippen LogP contribution in [0.3, 0.4) is 0 Å². The molecule has 0 radical (unpaired) electrons. The van der Waals surface area contributed by atoms with Crippen molar-refractivity contribution in [1.82, 2.24) is 0 Å². The number of nitrogens with zero attached hydrogens (tertiary/aromatic N) is 3. The highest BCUT2D eigenvalue weighted by Crippen LogP contribution is 2.46. The van der Waals surface area contributed by atoms with Crippen molar-refractivity contribution >= 4 is 21.8 Å². The molecular formula is C24H29N3O4S. The number of unbranched alkanes of at least 4 members (excludes halogenated alkanes) is 1. The van der Waals surface area contributed by atoms with E-state index in [4.69, 9.17) is 9.81 Å². The zero-order valence-corrected chi connectivity index (χ0v) is 19.6. The lowest BCUT2D eigenvalue weighted by Crippen LogP contribution is -2.22. The maximum absolute atomic E-state index is 9.33. The third-order valence-electron chi connectivity index (χ3n) is 5.22. The Balaban J connectivity index is 0.000000534. The maximum Gasteiger partial charge on any atom is 0.397 e. The van der Waals surface area contributed by atoms with Crippen LogP contribution in [0.2, 0.25) is 0 Å². The van der Waals surface area contributed by atoms with E-state index in [9.17, 15) is 8.42 Å². The molecule has 3 rings (SSSR count). The molecule has 1 aliphatic carbocycles. The monoisotopic (exact) mass is 455 g/mol. The van der Waals surface area contributed by atoms with Crippen molar-refractivity contribution in [3.05, 3.63) is 77.6 Å². The van der Waals surface area contributed by atoms with Gasteiger partial charge >= 0.3 is 10.4 Å². The minimum atomic E-state index is -4.16. The van der Waals surface area contributed by atoms with E-state index >= 15 is 0 Å². The first-order valence-corrected chi connectivity index (χ1v) is 11.5. The predicted octanol–water partition coefficient (Wildman–Crippen LogP) is 4.53. The molecule has 0 spiro atoms. The minimum absolute atomic E-state index is 0.00212. The Morgan fingerprint density at radius 1 is 1.19 bits per heavy atom. The number of fused-ring (bicyclic) bond motifs is 1. The molecule has 7 nitrogen and oxygen atoms in total. The molecule has 1 N–H and O–H groups in total. The number of allylic oxidation sites excluding steroid dienone is 8. The summed E-state index contributed by atoms with van der Waals surface area (Å²) in [6, 6.07) is 10.8. The molecule has 0 atom stereocenters. The van der Waals surface area contributed by atoms with Gasteiger partial charge in [0.25, 0.3) is 0 Å². The Hall–Kier alpha value is -2.99. The number of nitriles is 1. The van der Waals surface area contributed by atoms with Gasteiger partial charge in [0.05, 0.1) is 18.9 Å². The lowest BCUT2D eigenvalue weighted by Gasteiger charge is -2.23. The molecule has 1 aromatic carbocycles. The van der Waals surface area contributed by atoms with Crippen LogP contribution >= 0.6 is 0 Å². The lowest BCUT2D eigenvalue weighted by molar-refractivity contribution is 0.324. The average Bonchev–Trinajstić information content (AvgIpc) is 2.96. The first-order valence-electron chi connectivity index (χ1n) is 10.2. The fraction of sp³-hybridized carbons (Fsp3) is 0.333. The molecule has 2 aliphatic rings. The van der Waals surface area contributed by atoms with Gasteiger partial charge in [-0.1, -0.05) is 50.3 Å². The molecule has 0 fully saturated rings. The highest BCUT2D eigenvalue weighted by atomic mass is 32.3. The Morgan fingerprint density at radius 2 is 1.81 bits per heavy atom. The van der Waals surface area contributed by atoms with E-state index in [2.05, 4.69) is 89.6 Å². The Labute approximate surface area is 190 Å². The van der Waals surface area contributed by atoms with E-state index < -0.39 is 10.4 Å². The van der Waals surface area contributed by atoms with Crippen LogP contribution in [0.4, 0.5) is 5.69 Å². The summed E-state index contributed by atoms with van der Waals surface area (Å²) in [5, 5.41) is 8.56. The van der Waals surface area contributed by atoms with Gasteiger partial charge in [0, 0.05) is 36.8 Å². The van der Waals surface area contributed by atoms with Crippen LogP contribution in [-0.2, 0) is 20.0 Å². The first-order chi connectivity index (χ1) is 15.1. The number of hydrogen-bond donors (Lipinski definition) is 1. The quantitative estimate of drug-likeness (QED) is 0.517. The van der Waals surface area contributed by atoms with Gasteiger partial charge in [-0.2, -0.15) is 13.7 Å². The van der Waals surface area contributed by atoms with Crippen LogP contribution in [-0.4, -0.2) is 39.4 Å². The zero-order chi connectivity index (χ0) is 23.8. The van der Waals surface area contributed by atoms with Gasteiger partial charge in [0.1, 0.15) is 0 Å². The molecule has 32 heavy (non-hydrogen) atoms. The lowest BCUT2D eigenvalue weighted by atomic mass is 9.83. The SMILES string of the molecule is CN1C(=CC=C2C=CC(=NCCCC#N)C=C2)C(C)(C)c2ccccc21.COS(=O)(=O)O. The average molecular weight is 456 g/mol. The Bertz CT molecular complexity index is 1100. The smallest absolute Gasteiger partial charge is 0.347 e. The topological polar surface area (TPSA) is 103 Å². The van der Waals surface area contributed by atoms with Gasteiger partial charge in [-0.15, -0.1) is 0 Å². The summed E-state index contributed by atoms with van der Waals surface area (Å²) < 4.78 is 29.7. The van der Waals surface area contributed by atoms with E-state index in [0.717, 1.165) is 24.8 Å². The second-order valence-electron chi connectivity index (χ2n) is 7.75. The third kappa shape index (κ3) is 6.76. The molecule has 0 bridgehead atoms. The summed E-state index contributed by atoms with van der Waals surface area (Å²) in [6.07, 6.45) is 14.0. The molecule has 0 saturated carbocycles. The van der Waals surface area contributed by atoms with Gasteiger partial charge < -0.3 is 4.90 Å². The summed E-state index contributed by atoms with van der Waals surface area (Å²) >= 11 is 0. The van der Waals surface area contributed by atoms with Crippen LogP contribution in [0.25, 0.3) is 0 Å². The molecule has 0 saturated heterocycles. The van der Waals surface area contributed by atoms with Gasteiger partial charge in [-0.05, 0) is 41.9 Å². The third-order valence-corrected chi connectivity index (χ3v) is 5.64. The minimum Gasteiger partial charge on any atom is -0.347 e. The zero-order valence-electron chi connectivity index (χ0n) is 18.8. The van der Waals surface area contributed by atoms with Crippen molar-refractivity contribution < 1.29 is 17.2 Å². The standard InChI is InChI=1S/C23H25N3.CH4O4S/c1-23(2)20-8-4-5-9-21(20)26(3)22(23)15-12-18-10-13-19(14-11-18)25-17-7-6-16-24;1-5-6(2,3)4/h4-5,8-15H,6-7,17H2,1-3H3;1H3,(H,2,3,4). The van der Waals surface area contributed by atoms with E-state index in [1.807, 2.05) is 12.2 Å². The van der Waals surface area contributed by atoms with Gasteiger partial charge in [0.2, 0.25) is 0 Å². The summed E-state index contributed by atoms with van der Waals surface area (Å²) in [5.74, 6) is 0. The molecule has 0 aromatic heterocycles. The predicted molar refractivity (Wildman–Crippen MR) is 128 cm³/mol. The molecule has 1 heterocycles. The largest absolute Gasteiger partial charge is 0.397 e. The van der Waals surface area contributed by atoms with Crippen molar-refractivity contribution in [3.63, 3.8) is 0 Å². The number of rotatable bonds is 5. The number of anilines is 1. The molecule has 8 heteroatoms. The number of hydrogen-bond acceptors (Lipinski definition) is 6. The van der Waals surface area contributed by atoms with E-state index in [-0.39, 0.29) is 5.41 Å². The highest BCUT2D eigenvalue weighted by molar-refractivity contribution is 7.80. The van der Waals surface area contributed by atoms with Crippen molar-refractivity contribution in [1.29, 1.82) is 5.26 Å². The first kappa shape index (κ1) is 25.3.